The molecule has 1 amide bonds. The highest BCUT2D eigenvalue weighted by molar-refractivity contribution is 5.76. The molecule has 0 spiro atoms. The Bertz CT molecular complexity index is 715. The topological polar surface area (TPSA) is 76.4 Å². The Morgan fingerprint density at radius 2 is 2.25 bits per heavy atom. The zero-order chi connectivity index (χ0) is 17.7. The summed E-state index contributed by atoms with van der Waals surface area (Å²) in [5.41, 5.74) is 2.04. The van der Waals surface area contributed by atoms with Gasteiger partial charge in [0.15, 0.2) is 0 Å². The molecule has 6 nitrogen and oxygen atoms in total. The molecule has 130 valence electrons. The van der Waals surface area contributed by atoms with Gasteiger partial charge in [-0.1, -0.05) is 19.1 Å². The molecule has 1 aromatic carbocycles. The molecule has 0 aliphatic heterocycles. The Kier molecular flexibility index (Phi) is 5.92. The van der Waals surface area contributed by atoms with Crippen molar-refractivity contribution >= 4 is 5.91 Å². The number of rotatable bonds is 7. The van der Waals surface area contributed by atoms with Crippen LogP contribution in [0.5, 0.6) is 5.88 Å². The van der Waals surface area contributed by atoms with E-state index in [4.69, 9.17) is 4.74 Å². The van der Waals surface area contributed by atoms with Gasteiger partial charge in [0, 0.05) is 13.6 Å². The molecule has 7 heteroatoms. The summed E-state index contributed by atoms with van der Waals surface area (Å²) >= 11 is 0. The number of carbonyl (C=O) groups excluding carboxylic acids is 1. The minimum absolute atomic E-state index is 0.145. The second kappa shape index (κ2) is 7.92. The molecule has 1 unspecified atom stereocenters. The number of aryl methyl sites for hydroxylation is 2. The summed E-state index contributed by atoms with van der Waals surface area (Å²) in [6, 6.07) is 5.59. The van der Waals surface area contributed by atoms with Gasteiger partial charge in [0.2, 0.25) is 11.8 Å². The molecule has 0 aliphatic carbocycles. The van der Waals surface area contributed by atoms with Crippen LogP contribution in [0, 0.1) is 5.82 Å². The maximum absolute atomic E-state index is 13.2. The number of hydrogen-bond donors (Lipinski definition) is 2. The van der Waals surface area contributed by atoms with E-state index in [0.29, 0.717) is 17.9 Å². The Balaban J connectivity index is 1.99. The number of aliphatic hydroxyl groups is 1. The van der Waals surface area contributed by atoms with Crippen molar-refractivity contribution < 1.29 is 19.0 Å². The van der Waals surface area contributed by atoms with E-state index in [2.05, 4.69) is 10.4 Å². The molecule has 24 heavy (non-hydrogen) atoms. The number of benzene rings is 1. The number of aromatic nitrogens is 2. The van der Waals surface area contributed by atoms with E-state index in [9.17, 15) is 14.3 Å². The van der Waals surface area contributed by atoms with Gasteiger partial charge in [-0.3, -0.25) is 4.79 Å². The zero-order valence-electron chi connectivity index (χ0n) is 14.0. The van der Waals surface area contributed by atoms with Gasteiger partial charge in [-0.05, 0) is 24.1 Å². The molecule has 1 atom stereocenters. The second-order valence-electron chi connectivity index (χ2n) is 5.46. The molecule has 0 radical (unpaired) electrons. The smallest absolute Gasteiger partial charge is 0.223 e. The molecule has 2 N–H and O–H groups in total. The number of nitrogens with zero attached hydrogens (tertiary/aromatic N) is 2. The lowest BCUT2D eigenvalue weighted by molar-refractivity contribution is -0.123. The van der Waals surface area contributed by atoms with E-state index < -0.39 is 11.9 Å². The van der Waals surface area contributed by atoms with Crippen molar-refractivity contribution in [3.63, 3.8) is 0 Å². The van der Waals surface area contributed by atoms with Gasteiger partial charge < -0.3 is 15.2 Å². The van der Waals surface area contributed by atoms with Gasteiger partial charge in [-0.15, -0.1) is 0 Å². The summed E-state index contributed by atoms with van der Waals surface area (Å²) in [5.74, 6) is -0.183. The molecule has 0 saturated heterocycles. The minimum Gasteiger partial charge on any atom is -0.481 e. The summed E-state index contributed by atoms with van der Waals surface area (Å²) < 4.78 is 20.1. The Morgan fingerprint density at radius 1 is 1.50 bits per heavy atom. The van der Waals surface area contributed by atoms with Gasteiger partial charge >= 0.3 is 0 Å². The standard InChI is InChI=1S/C17H22FN3O3/c1-4-14-13(17(24-3)21(2)20-14)10-19-16(23)9-15(22)11-6-5-7-12(18)8-11/h5-8,15,22H,4,9-10H2,1-3H3,(H,19,23). The molecular formula is C17H22FN3O3. The predicted octanol–water partition coefficient (Wildman–Crippen LogP) is 1.87. The number of carbonyl (C=O) groups is 1. The molecule has 2 rings (SSSR count). The number of halogens is 1. The molecular weight excluding hydrogens is 313 g/mol. The minimum atomic E-state index is -1.05. The number of nitrogens with one attached hydrogen (secondary N) is 1. The highest BCUT2D eigenvalue weighted by Crippen LogP contribution is 2.22. The summed E-state index contributed by atoms with van der Waals surface area (Å²) in [5, 5.41) is 17.1. The monoisotopic (exact) mass is 335 g/mol. The van der Waals surface area contributed by atoms with Crippen LogP contribution >= 0.6 is 0 Å². The molecule has 0 saturated carbocycles. The lowest BCUT2D eigenvalue weighted by Crippen LogP contribution is -2.25. The average molecular weight is 335 g/mol. The van der Waals surface area contributed by atoms with Crippen LogP contribution in [-0.2, 0) is 24.8 Å². The fraction of sp³-hybridized carbons (Fsp3) is 0.412. The van der Waals surface area contributed by atoms with Gasteiger partial charge in [-0.25, -0.2) is 9.07 Å². The van der Waals surface area contributed by atoms with Gasteiger partial charge in [0.05, 0.1) is 30.9 Å². The molecule has 0 aliphatic rings. The maximum atomic E-state index is 13.2. The second-order valence-corrected chi connectivity index (χ2v) is 5.46. The molecule has 1 aromatic heterocycles. The molecule has 1 heterocycles. The third-order valence-electron chi connectivity index (χ3n) is 3.77. The quantitative estimate of drug-likeness (QED) is 0.810. The van der Waals surface area contributed by atoms with Crippen molar-refractivity contribution in [3.05, 3.63) is 46.9 Å². The fourth-order valence-corrected chi connectivity index (χ4v) is 2.59. The van der Waals surface area contributed by atoms with Crippen molar-refractivity contribution in [1.82, 2.24) is 15.1 Å². The van der Waals surface area contributed by atoms with E-state index in [0.717, 1.165) is 11.3 Å². The summed E-state index contributed by atoms with van der Waals surface area (Å²) in [6.07, 6.45) is -0.482. The number of amides is 1. The van der Waals surface area contributed by atoms with Crippen LogP contribution in [0.1, 0.15) is 36.3 Å². The van der Waals surface area contributed by atoms with Crippen molar-refractivity contribution in [2.24, 2.45) is 7.05 Å². The van der Waals surface area contributed by atoms with Gasteiger partial charge in [0.25, 0.3) is 0 Å². The first-order valence-corrected chi connectivity index (χ1v) is 7.75. The number of hydrogen-bond acceptors (Lipinski definition) is 4. The zero-order valence-corrected chi connectivity index (χ0v) is 14.0. The van der Waals surface area contributed by atoms with Crippen molar-refractivity contribution in [3.8, 4) is 5.88 Å². The maximum Gasteiger partial charge on any atom is 0.223 e. The fourth-order valence-electron chi connectivity index (χ4n) is 2.59. The Labute approximate surface area is 140 Å². The predicted molar refractivity (Wildman–Crippen MR) is 87.0 cm³/mol. The van der Waals surface area contributed by atoms with Crippen LogP contribution in [0.4, 0.5) is 4.39 Å². The van der Waals surface area contributed by atoms with E-state index in [1.807, 2.05) is 6.92 Å². The highest BCUT2D eigenvalue weighted by Gasteiger charge is 2.18. The first-order chi connectivity index (χ1) is 11.5. The third kappa shape index (κ3) is 4.11. The van der Waals surface area contributed by atoms with Crippen LogP contribution in [-0.4, -0.2) is 27.9 Å². The first kappa shape index (κ1) is 17.9. The highest BCUT2D eigenvalue weighted by atomic mass is 19.1. The SMILES string of the molecule is CCc1nn(C)c(OC)c1CNC(=O)CC(O)c1cccc(F)c1. The van der Waals surface area contributed by atoms with Crippen LogP contribution < -0.4 is 10.1 Å². The molecule has 0 fully saturated rings. The van der Waals surface area contributed by atoms with E-state index in [1.165, 1.54) is 18.2 Å². The summed E-state index contributed by atoms with van der Waals surface area (Å²) in [4.78, 5) is 12.1. The number of aliphatic hydroxyl groups excluding tert-OH is 1. The Hall–Kier alpha value is -2.41. The van der Waals surface area contributed by atoms with Crippen LogP contribution in [0.3, 0.4) is 0 Å². The summed E-state index contributed by atoms with van der Waals surface area (Å²) in [7, 11) is 3.33. The van der Waals surface area contributed by atoms with E-state index >= 15 is 0 Å². The molecule has 2 aromatic rings. The van der Waals surface area contributed by atoms with Crippen molar-refractivity contribution in [2.45, 2.75) is 32.4 Å². The first-order valence-electron chi connectivity index (χ1n) is 7.75. The van der Waals surface area contributed by atoms with Crippen molar-refractivity contribution in [1.29, 1.82) is 0 Å². The third-order valence-corrected chi connectivity index (χ3v) is 3.77. The lowest BCUT2D eigenvalue weighted by Gasteiger charge is -2.12. The van der Waals surface area contributed by atoms with Crippen LogP contribution in [0.2, 0.25) is 0 Å². The van der Waals surface area contributed by atoms with Crippen LogP contribution in [0.25, 0.3) is 0 Å². The number of methoxy groups -OCH3 is 1. The number of ether oxygens (including phenoxy) is 1. The average Bonchev–Trinajstić information content (AvgIpc) is 2.87. The lowest BCUT2D eigenvalue weighted by atomic mass is 10.1. The van der Waals surface area contributed by atoms with E-state index in [1.54, 1.807) is 24.9 Å². The van der Waals surface area contributed by atoms with Gasteiger partial charge in [0.1, 0.15) is 5.82 Å². The largest absolute Gasteiger partial charge is 0.481 e. The molecule has 0 bridgehead atoms. The van der Waals surface area contributed by atoms with Gasteiger partial charge in [-0.2, -0.15) is 5.10 Å². The van der Waals surface area contributed by atoms with E-state index in [-0.39, 0.29) is 18.9 Å². The Morgan fingerprint density at radius 3 is 2.88 bits per heavy atom. The van der Waals surface area contributed by atoms with Crippen molar-refractivity contribution in [2.75, 3.05) is 7.11 Å². The summed E-state index contributed by atoms with van der Waals surface area (Å²) in [6.45, 7) is 2.23. The van der Waals surface area contributed by atoms with Crippen LogP contribution in [0.15, 0.2) is 24.3 Å². The normalized spacial score (nSPS) is 12.0.